The number of hydrogen-bond acceptors (Lipinski definition) is 4. The van der Waals surface area contributed by atoms with Gasteiger partial charge in [-0.1, -0.05) is 29.3 Å². The van der Waals surface area contributed by atoms with Crippen LogP contribution < -0.4 is 10.2 Å². The summed E-state index contributed by atoms with van der Waals surface area (Å²) in [6.07, 6.45) is 1.72. The molecule has 0 unspecified atom stereocenters. The summed E-state index contributed by atoms with van der Waals surface area (Å²) in [6, 6.07) is 12.4. The van der Waals surface area contributed by atoms with Gasteiger partial charge in [-0.15, -0.1) is 0 Å². The third-order valence-electron chi connectivity index (χ3n) is 7.23. The smallest absolute Gasteiger partial charge is 0.250 e. The van der Waals surface area contributed by atoms with E-state index in [2.05, 4.69) is 10.2 Å². The molecular weight excluding hydrogens is 402 g/mol. The van der Waals surface area contributed by atoms with Crippen molar-refractivity contribution in [2.24, 2.45) is 11.8 Å². The zero-order valence-electron chi connectivity index (χ0n) is 16.4. The number of aryl methyl sites for hydroxylation is 1. The third kappa shape index (κ3) is 2.01. The highest BCUT2D eigenvalue weighted by atomic mass is 35.5. The number of rotatable bonds is 1. The number of carbonyl (C=O) groups excluding carboxylic acids is 3. The van der Waals surface area contributed by atoms with Gasteiger partial charge in [0, 0.05) is 22.3 Å². The standard InChI is InChI=1S/C23H20ClN3O3/c1-12-4-9-16-15(11-12)23(22(30)25-16)19-18(17-3-2-10-26(17)23)20(28)27(21(19)29)14-7-5-13(24)6-8-14/h4-9,11,17-19H,2-3,10H2,1H3,(H,25,30)/t17-,18+,19-,23-/m0/s1. The molecular formula is C23H20ClN3O3. The molecule has 3 amide bonds. The van der Waals surface area contributed by atoms with E-state index in [1.54, 1.807) is 24.3 Å². The molecule has 4 heterocycles. The van der Waals surface area contributed by atoms with E-state index < -0.39 is 17.4 Å². The number of halogens is 1. The van der Waals surface area contributed by atoms with Crippen LogP contribution in [-0.4, -0.2) is 35.2 Å². The summed E-state index contributed by atoms with van der Waals surface area (Å²) < 4.78 is 0. The second kappa shape index (κ2) is 5.93. The Morgan fingerprint density at radius 2 is 1.83 bits per heavy atom. The average molecular weight is 422 g/mol. The molecule has 3 fully saturated rings. The van der Waals surface area contributed by atoms with E-state index in [-0.39, 0.29) is 23.8 Å². The molecule has 6 rings (SSSR count). The summed E-state index contributed by atoms with van der Waals surface area (Å²) in [4.78, 5) is 44.3. The maximum absolute atomic E-state index is 13.8. The van der Waals surface area contributed by atoms with E-state index in [9.17, 15) is 14.4 Å². The molecule has 0 aliphatic carbocycles. The highest BCUT2D eigenvalue weighted by Crippen LogP contribution is 2.60. The number of hydrogen-bond donors (Lipinski definition) is 1. The second-order valence-electron chi connectivity index (χ2n) is 8.66. The number of amides is 3. The van der Waals surface area contributed by atoms with Crippen molar-refractivity contribution in [2.75, 3.05) is 16.8 Å². The predicted octanol–water partition coefficient (Wildman–Crippen LogP) is 3.08. The SMILES string of the molecule is Cc1ccc2c(c1)[C@@]1(C(=O)N2)[C@@H]2C(=O)N(c3ccc(Cl)cc3)C(=O)[C@@H]2[C@@H]2CCCN21. The molecule has 6 nitrogen and oxygen atoms in total. The first kappa shape index (κ1) is 18.1. The molecule has 4 aliphatic heterocycles. The van der Waals surface area contributed by atoms with Gasteiger partial charge < -0.3 is 5.32 Å². The molecule has 30 heavy (non-hydrogen) atoms. The Bertz CT molecular complexity index is 1130. The van der Waals surface area contributed by atoms with Gasteiger partial charge in [-0.25, -0.2) is 4.90 Å². The maximum atomic E-state index is 13.8. The van der Waals surface area contributed by atoms with Gasteiger partial charge in [0.05, 0.1) is 17.5 Å². The zero-order chi connectivity index (χ0) is 20.8. The monoisotopic (exact) mass is 421 g/mol. The second-order valence-corrected chi connectivity index (χ2v) is 9.10. The highest BCUT2D eigenvalue weighted by Gasteiger charge is 2.74. The Morgan fingerprint density at radius 3 is 2.60 bits per heavy atom. The van der Waals surface area contributed by atoms with Crippen LogP contribution in [0.2, 0.25) is 5.02 Å². The minimum atomic E-state index is -1.12. The lowest BCUT2D eigenvalue weighted by Crippen LogP contribution is -2.54. The van der Waals surface area contributed by atoms with Crippen molar-refractivity contribution in [2.45, 2.75) is 31.3 Å². The third-order valence-corrected chi connectivity index (χ3v) is 7.48. The zero-order valence-corrected chi connectivity index (χ0v) is 17.1. The van der Waals surface area contributed by atoms with E-state index >= 15 is 0 Å². The van der Waals surface area contributed by atoms with Crippen molar-refractivity contribution in [1.29, 1.82) is 0 Å². The summed E-state index contributed by atoms with van der Waals surface area (Å²) >= 11 is 6.00. The molecule has 152 valence electrons. The van der Waals surface area contributed by atoms with Crippen molar-refractivity contribution in [3.05, 3.63) is 58.6 Å². The quantitative estimate of drug-likeness (QED) is 0.718. The lowest BCUT2D eigenvalue weighted by molar-refractivity contribution is -0.135. The van der Waals surface area contributed by atoms with Gasteiger partial charge in [0.25, 0.3) is 0 Å². The first-order chi connectivity index (χ1) is 14.4. The number of imide groups is 1. The molecule has 2 aromatic carbocycles. The van der Waals surface area contributed by atoms with Gasteiger partial charge in [0.15, 0.2) is 0 Å². The Labute approximate surface area is 178 Å². The average Bonchev–Trinajstić information content (AvgIpc) is 3.42. The normalized spacial score (nSPS) is 32.0. The number of anilines is 2. The van der Waals surface area contributed by atoms with Crippen molar-refractivity contribution in [3.63, 3.8) is 0 Å². The number of nitrogens with zero attached hydrogens (tertiary/aromatic N) is 2. The number of benzene rings is 2. The maximum Gasteiger partial charge on any atom is 0.250 e. The van der Waals surface area contributed by atoms with E-state index in [1.807, 2.05) is 25.1 Å². The van der Waals surface area contributed by atoms with Crippen LogP contribution >= 0.6 is 11.6 Å². The number of fused-ring (bicyclic) bond motifs is 7. The van der Waals surface area contributed by atoms with Gasteiger partial charge in [0.1, 0.15) is 5.54 Å². The fraction of sp³-hybridized carbons (Fsp3) is 0.348. The highest BCUT2D eigenvalue weighted by molar-refractivity contribution is 6.31. The van der Waals surface area contributed by atoms with Crippen molar-refractivity contribution in [1.82, 2.24) is 4.90 Å². The summed E-state index contributed by atoms with van der Waals surface area (Å²) in [7, 11) is 0. The summed E-state index contributed by atoms with van der Waals surface area (Å²) in [6.45, 7) is 2.69. The molecule has 7 heteroatoms. The Balaban J connectivity index is 1.56. The molecule has 4 aliphatic rings. The number of carbonyl (C=O) groups is 3. The fourth-order valence-electron chi connectivity index (χ4n) is 6.16. The van der Waals surface area contributed by atoms with Crippen molar-refractivity contribution < 1.29 is 14.4 Å². The first-order valence-corrected chi connectivity index (χ1v) is 10.6. The fourth-order valence-corrected chi connectivity index (χ4v) is 6.29. The molecule has 2 aromatic rings. The van der Waals surface area contributed by atoms with Crippen LogP contribution in [0, 0.1) is 18.8 Å². The number of nitrogens with one attached hydrogen (secondary N) is 1. The van der Waals surface area contributed by atoms with E-state index in [4.69, 9.17) is 11.6 Å². The van der Waals surface area contributed by atoms with E-state index in [0.29, 0.717) is 17.3 Å². The van der Waals surface area contributed by atoms with Crippen LogP contribution in [0.15, 0.2) is 42.5 Å². The predicted molar refractivity (Wildman–Crippen MR) is 112 cm³/mol. The van der Waals surface area contributed by atoms with Gasteiger partial charge in [-0.05, 0) is 56.6 Å². The summed E-state index contributed by atoms with van der Waals surface area (Å²) in [5.74, 6) is -1.95. The van der Waals surface area contributed by atoms with E-state index in [1.165, 1.54) is 4.90 Å². The Kier molecular flexibility index (Phi) is 3.58. The summed E-state index contributed by atoms with van der Waals surface area (Å²) in [5.41, 5.74) is 1.97. The minimum Gasteiger partial charge on any atom is -0.324 e. The largest absolute Gasteiger partial charge is 0.324 e. The van der Waals surface area contributed by atoms with Crippen molar-refractivity contribution in [3.8, 4) is 0 Å². The van der Waals surface area contributed by atoms with Crippen LogP contribution in [0.1, 0.15) is 24.0 Å². The Morgan fingerprint density at radius 1 is 1.07 bits per heavy atom. The van der Waals surface area contributed by atoms with Gasteiger partial charge in [0.2, 0.25) is 17.7 Å². The van der Waals surface area contributed by atoms with Crippen LogP contribution in [0.4, 0.5) is 11.4 Å². The Hall–Kier alpha value is -2.70. The topological polar surface area (TPSA) is 69.7 Å². The molecule has 3 saturated heterocycles. The first-order valence-electron chi connectivity index (χ1n) is 10.3. The molecule has 0 bridgehead atoms. The van der Waals surface area contributed by atoms with Crippen LogP contribution in [0.5, 0.6) is 0 Å². The lowest BCUT2D eigenvalue weighted by Gasteiger charge is -2.36. The van der Waals surface area contributed by atoms with Crippen molar-refractivity contribution >= 4 is 40.7 Å². The molecule has 0 radical (unpaired) electrons. The van der Waals surface area contributed by atoms with Crippen LogP contribution in [-0.2, 0) is 19.9 Å². The van der Waals surface area contributed by atoms with Gasteiger partial charge in [-0.2, -0.15) is 0 Å². The molecule has 4 atom stereocenters. The molecule has 1 N–H and O–H groups in total. The van der Waals surface area contributed by atoms with Crippen LogP contribution in [0.3, 0.4) is 0 Å². The molecule has 0 aromatic heterocycles. The molecule has 1 spiro atoms. The van der Waals surface area contributed by atoms with Gasteiger partial charge >= 0.3 is 0 Å². The minimum absolute atomic E-state index is 0.110. The summed E-state index contributed by atoms with van der Waals surface area (Å²) in [5, 5.41) is 3.54. The van der Waals surface area contributed by atoms with E-state index in [0.717, 1.165) is 29.7 Å². The molecule has 0 saturated carbocycles. The lowest BCUT2D eigenvalue weighted by atomic mass is 9.75. The van der Waals surface area contributed by atoms with Crippen LogP contribution in [0.25, 0.3) is 0 Å². The van der Waals surface area contributed by atoms with Gasteiger partial charge in [-0.3, -0.25) is 19.3 Å².